The number of hydrogen-bond donors (Lipinski definition) is 1. The number of halogens is 4. The van der Waals surface area contributed by atoms with E-state index in [4.69, 9.17) is 11.6 Å². The van der Waals surface area contributed by atoms with Gasteiger partial charge in [-0.2, -0.15) is 13.2 Å². The summed E-state index contributed by atoms with van der Waals surface area (Å²) in [6.07, 6.45) is -2.95. The van der Waals surface area contributed by atoms with Gasteiger partial charge < -0.3 is 10.1 Å². The SMILES string of the molecule is CC(C)CNCc1cnc(OCC(F)(F)F)c(Cl)c1. The Bertz CT molecular complexity index is 410. The van der Waals surface area contributed by atoms with Crippen molar-refractivity contribution in [1.29, 1.82) is 0 Å². The van der Waals surface area contributed by atoms with Crippen molar-refractivity contribution in [2.45, 2.75) is 26.6 Å². The summed E-state index contributed by atoms with van der Waals surface area (Å²) in [7, 11) is 0. The smallest absolute Gasteiger partial charge is 0.422 e. The van der Waals surface area contributed by atoms with Crippen LogP contribution in [0.3, 0.4) is 0 Å². The summed E-state index contributed by atoms with van der Waals surface area (Å²) in [5.41, 5.74) is 0.796. The number of ether oxygens (including phenoxy) is 1. The van der Waals surface area contributed by atoms with Crippen LogP contribution in [0, 0.1) is 5.92 Å². The second kappa shape index (κ2) is 6.96. The van der Waals surface area contributed by atoms with Crippen LogP contribution in [-0.2, 0) is 6.54 Å². The van der Waals surface area contributed by atoms with Gasteiger partial charge in [-0.3, -0.25) is 0 Å². The Morgan fingerprint density at radius 2 is 2.11 bits per heavy atom. The Morgan fingerprint density at radius 3 is 2.63 bits per heavy atom. The number of nitrogens with zero attached hydrogens (tertiary/aromatic N) is 1. The molecule has 1 heterocycles. The van der Waals surface area contributed by atoms with E-state index in [9.17, 15) is 13.2 Å². The molecule has 0 spiro atoms. The fraction of sp³-hybridized carbons (Fsp3) is 0.583. The van der Waals surface area contributed by atoms with Crippen molar-refractivity contribution in [1.82, 2.24) is 10.3 Å². The van der Waals surface area contributed by atoms with Crippen molar-refractivity contribution in [3.63, 3.8) is 0 Å². The lowest BCUT2D eigenvalue weighted by Gasteiger charge is -2.11. The molecule has 3 nitrogen and oxygen atoms in total. The standard InChI is InChI=1S/C12H16ClF3N2O/c1-8(2)4-17-5-9-3-10(13)11(18-6-9)19-7-12(14,15)16/h3,6,8,17H,4-5,7H2,1-2H3. The molecule has 108 valence electrons. The van der Waals surface area contributed by atoms with Gasteiger partial charge in [-0.15, -0.1) is 0 Å². The number of alkyl halides is 3. The zero-order valence-electron chi connectivity index (χ0n) is 10.7. The largest absolute Gasteiger partial charge is 0.467 e. The lowest BCUT2D eigenvalue weighted by atomic mass is 10.2. The van der Waals surface area contributed by atoms with E-state index in [1.165, 1.54) is 6.20 Å². The molecule has 0 amide bonds. The third kappa shape index (κ3) is 6.63. The summed E-state index contributed by atoms with van der Waals surface area (Å²) >= 11 is 5.82. The van der Waals surface area contributed by atoms with Gasteiger partial charge in [0.25, 0.3) is 0 Å². The number of nitrogens with one attached hydrogen (secondary N) is 1. The van der Waals surface area contributed by atoms with Crippen molar-refractivity contribution in [3.05, 3.63) is 22.8 Å². The highest BCUT2D eigenvalue weighted by Crippen LogP contribution is 2.24. The summed E-state index contributed by atoms with van der Waals surface area (Å²) < 4.78 is 40.5. The molecule has 0 unspecified atom stereocenters. The fourth-order valence-electron chi connectivity index (χ4n) is 1.32. The maximum Gasteiger partial charge on any atom is 0.422 e. The minimum atomic E-state index is -4.40. The van der Waals surface area contributed by atoms with E-state index < -0.39 is 12.8 Å². The van der Waals surface area contributed by atoms with E-state index in [2.05, 4.69) is 28.9 Å². The maximum atomic E-state index is 12.0. The molecule has 0 saturated carbocycles. The number of hydrogen-bond acceptors (Lipinski definition) is 3. The van der Waals surface area contributed by atoms with Gasteiger partial charge in [-0.1, -0.05) is 25.4 Å². The molecular formula is C12H16ClF3N2O. The monoisotopic (exact) mass is 296 g/mol. The number of pyridine rings is 1. The van der Waals surface area contributed by atoms with Gasteiger partial charge in [0.05, 0.1) is 0 Å². The maximum absolute atomic E-state index is 12.0. The molecule has 0 aromatic carbocycles. The van der Waals surface area contributed by atoms with E-state index >= 15 is 0 Å². The zero-order chi connectivity index (χ0) is 14.5. The molecule has 1 aromatic rings. The first-order chi connectivity index (χ1) is 8.78. The molecule has 0 fully saturated rings. The van der Waals surface area contributed by atoms with Crippen LogP contribution in [0.25, 0.3) is 0 Å². The minimum absolute atomic E-state index is 0.0769. The summed E-state index contributed by atoms with van der Waals surface area (Å²) in [5, 5.41) is 3.26. The van der Waals surface area contributed by atoms with Gasteiger partial charge in [0.1, 0.15) is 5.02 Å². The molecule has 1 aromatic heterocycles. The van der Waals surface area contributed by atoms with Crippen LogP contribution >= 0.6 is 11.6 Å². The molecule has 0 aliphatic heterocycles. The van der Waals surface area contributed by atoms with Crippen LogP contribution in [0.2, 0.25) is 5.02 Å². The summed E-state index contributed by atoms with van der Waals surface area (Å²) in [5.74, 6) is 0.310. The zero-order valence-corrected chi connectivity index (χ0v) is 11.5. The lowest BCUT2D eigenvalue weighted by molar-refractivity contribution is -0.154. The van der Waals surface area contributed by atoms with Crippen molar-refractivity contribution in [3.8, 4) is 5.88 Å². The topological polar surface area (TPSA) is 34.2 Å². The molecule has 7 heteroatoms. The van der Waals surface area contributed by atoms with Gasteiger partial charge >= 0.3 is 6.18 Å². The number of aromatic nitrogens is 1. The summed E-state index contributed by atoms with van der Waals surface area (Å²) in [6.45, 7) is 4.15. The van der Waals surface area contributed by atoms with E-state index in [0.29, 0.717) is 12.5 Å². The van der Waals surface area contributed by atoms with Gasteiger partial charge in [0, 0.05) is 12.7 Å². The lowest BCUT2D eigenvalue weighted by Crippen LogP contribution is -2.20. The molecule has 0 aliphatic rings. The Hall–Kier alpha value is -1.01. The van der Waals surface area contributed by atoms with Gasteiger partial charge in [0.15, 0.2) is 6.61 Å². The first kappa shape index (κ1) is 16.0. The molecule has 0 saturated heterocycles. The first-order valence-electron chi connectivity index (χ1n) is 5.82. The summed E-state index contributed by atoms with van der Waals surface area (Å²) in [6, 6.07) is 1.55. The second-order valence-electron chi connectivity index (χ2n) is 4.56. The molecular weight excluding hydrogens is 281 g/mol. The quantitative estimate of drug-likeness (QED) is 0.873. The van der Waals surface area contributed by atoms with E-state index in [0.717, 1.165) is 12.1 Å². The molecule has 1 N–H and O–H groups in total. The van der Waals surface area contributed by atoms with Crippen molar-refractivity contribution < 1.29 is 17.9 Å². The van der Waals surface area contributed by atoms with Crippen LogP contribution in [0.4, 0.5) is 13.2 Å². The highest BCUT2D eigenvalue weighted by molar-refractivity contribution is 6.31. The first-order valence-corrected chi connectivity index (χ1v) is 6.20. The molecule has 1 rings (SSSR count). The van der Waals surface area contributed by atoms with Crippen LogP contribution in [0.1, 0.15) is 19.4 Å². The average molecular weight is 297 g/mol. The Kier molecular flexibility index (Phi) is 5.87. The van der Waals surface area contributed by atoms with Crippen molar-refractivity contribution in [2.75, 3.05) is 13.2 Å². The minimum Gasteiger partial charge on any atom is -0.467 e. The van der Waals surface area contributed by atoms with E-state index in [1.54, 1.807) is 6.07 Å². The highest BCUT2D eigenvalue weighted by Gasteiger charge is 2.29. The molecule has 0 radical (unpaired) electrons. The Morgan fingerprint density at radius 1 is 1.42 bits per heavy atom. The van der Waals surface area contributed by atoms with Gasteiger partial charge in [0.2, 0.25) is 5.88 Å². The third-order valence-electron chi connectivity index (χ3n) is 2.12. The van der Waals surface area contributed by atoms with Crippen LogP contribution < -0.4 is 10.1 Å². The Labute approximate surface area is 115 Å². The van der Waals surface area contributed by atoms with E-state index in [-0.39, 0.29) is 10.9 Å². The molecule has 0 aliphatic carbocycles. The molecule has 19 heavy (non-hydrogen) atoms. The molecule has 0 bridgehead atoms. The Balaban J connectivity index is 2.54. The van der Waals surface area contributed by atoms with Gasteiger partial charge in [-0.05, 0) is 24.1 Å². The van der Waals surface area contributed by atoms with Crippen LogP contribution in [-0.4, -0.2) is 24.3 Å². The highest BCUT2D eigenvalue weighted by atomic mass is 35.5. The normalized spacial score (nSPS) is 11.9. The van der Waals surface area contributed by atoms with Crippen LogP contribution in [0.15, 0.2) is 12.3 Å². The predicted octanol–water partition coefficient (Wildman–Crippen LogP) is 3.42. The van der Waals surface area contributed by atoms with Gasteiger partial charge in [-0.25, -0.2) is 4.98 Å². The average Bonchev–Trinajstić information content (AvgIpc) is 2.26. The number of rotatable bonds is 6. The molecule has 0 atom stereocenters. The van der Waals surface area contributed by atoms with E-state index in [1.807, 2.05) is 0 Å². The van der Waals surface area contributed by atoms with Crippen molar-refractivity contribution >= 4 is 11.6 Å². The fourth-order valence-corrected chi connectivity index (χ4v) is 1.57. The van der Waals surface area contributed by atoms with Crippen molar-refractivity contribution in [2.24, 2.45) is 5.92 Å². The second-order valence-corrected chi connectivity index (χ2v) is 4.97. The summed E-state index contributed by atoms with van der Waals surface area (Å²) in [4.78, 5) is 3.78. The van der Waals surface area contributed by atoms with Crippen LogP contribution in [0.5, 0.6) is 5.88 Å². The predicted molar refractivity (Wildman–Crippen MR) is 67.3 cm³/mol. The third-order valence-corrected chi connectivity index (χ3v) is 2.39.